The number of esters is 1. The van der Waals surface area contributed by atoms with Gasteiger partial charge in [0, 0.05) is 17.8 Å². The molecule has 2 saturated heterocycles. The number of halogens is 1. The minimum atomic E-state index is -0.715. The topological polar surface area (TPSA) is 76.9 Å². The molecule has 1 amide bonds. The highest BCUT2D eigenvalue weighted by Crippen LogP contribution is 2.42. The smallest absolute Gasteiger partial charge is 0.411 e. The first-order valence-electron chi connectivity index (χ1n) is 16.5. The molecule has 0 saturated carbocycles. The van der Waals surface area contributed by atoms with Gasteiger partial charge in [-0.05, 0) is 116 Å². The highest BCUT2D eigenvalue weighted by molar-refractivity contribution is 5.84. The second kappa shape index (κ2) is 13.2. The number of carbonyl (C=O) groups excluding carboxylic acids is 2. The summed E-state index contributed by atoms with van der Waals surface area (Å²) in [5.41, 5.74) is 2.07. The van der Waals surface area contributed by atoms with Crippen LogP contribution < -0.4 is 0 Å². The van der Waals surface area contributed by atoms with Gasteiger partial charge >= 0.3 is 12.1 Å². The number of hydrogen-bond acceptors (Lipinski definition) is 6. The number of nitrogens with zero attached hydrogens (tertiary/aromatic N) is 4. The van der Waals surface area contributed by atoms with E-state index in [1.807, 2.05) is 57.2 Å². The molecule has 1 unspecified atom stereocenters. The van der Waals surface area contributed by atoms with Crippen molar-refractivity contribution in [1.82, 2.24) is 19.6 Å². The molecular weight excluding hydrogens is 583 g/mol. The van der Waals surface area contributed by atoms with Gasteiger partial charge in [-0.3, -0.25) is 19.3 Å². The lowest BCUT2D eigenvalue weighted by molar-refractivity contribution is -0.156. The van der Waals surface area contributed by atoms with Gasteiger partial charge < -0.3 is 9.47 Å². The lowest BCUT2D eigenvalue weighted by Gasteiger charge is -2.45. The highest BCUT2D eigenvalue weighted by atomic mass is 19.1. The van der Waals surface area contributed by atoms with Crippen LogP contribution in [0, 0.1) is 5.82 Å². The molecule has 5 rings (SSSR count). The lowest BCUT2D eigenvalue weighted by Crippen LogP contribution is -2.52. The maximum absolute atomic E-state index is 13.8. The van der Waals surface area contributed by atoms with E-state index in [4.69, 9.17) is 14.6 Å². The number of fused-ring (bicyclic) bond motifs is 1. The SMILES string of the molecule is C=CC1(c2ccc3c(C4CCN(CC(=O)OC(C)(C)C)CC4)nn(Cc4ccc(F)cc4)c3c2)CCCCN1C(=O)OC(C)(C)C. The van der Waals surface area contributed by atoms with Crippen LogP contribution in [0.25, 0.3) is 10.9 Å². The third kappa shape index (κ3) is 7.63. The first-order valence-corrected chi connectivity index (χ1v) is 16.5. The fourth-order valence-electron chi connectivity index (χ4n) is 6.77. The summed E-state index contributed by atoms with van der Waals surface area (Å²) >= 11 is 0. The Morgan fingerprint density at radius 1 is 0.978 bits per heavy atom. The van der Waals surface area contributed by atoms with Crippen LogP contribution >= 0.6 is 0 Å². The molecule has 1 atom stereocenters. The number of aromatic nitrogens is 2. The molecule has 0 radical (unpaired) electrons. The monoisotopic (exact) mass is 632 g/mol. The van der Waals surface area contributed by atoms with Crippen molar-refractivity contribution in [2.45, 2.75) is 103 Å². The van der Waals surface area contributed by atoms with Crippen molar-refractivity contribution in [2.75, 3.05) is 26.2 Å². The molecule has 0 aliphatic carbocycles. The zero-order valence-corrected chi connectivity index (χ0v) is 28.3. The Balaban J connectivity index is 1.48. The highest BCUT2D eigenvalue weighted by Gasteiger charge is 2.43. The zero-order chi connectivity index (χ0) is 33.3. The molecule has 2 aliphatic heterocycles. The lowest BCUT2D eigenvalue weighted by atomic mass is 9.80. The predicted octanol–water partition coefficient (Wildman–Crippen LogP) is 7.55. The Morgan fingerprint density at radius 2 is 1.65 bits per heavy atom. The van der Waals surface area contributed by atoms with Crippen molar-refractivity contribution in [3.05, 3.63) is 77.8 Å². The summed E-state index contributed by atoms with van der Waals surface area (Å²) < 4.78 is 27.2. The molecule has 46 heavy (non-hydrogen) atoms. The number of rotatable bonds is 7. The van der Waals surface area contributed by atoms with Gasteiger partial charge in [0.2, 0.25) is 0 Å². The molecule has 2 fully saturated rings. The number of hydrogen-bond donors (Lipinski definition) is 0. The standard InChI is InChI=1S/C37H49FN4O4/c1-8-37(19-9-10-20-41(37)34(44)46-36(5,6)7)28-13-16-30-31(23-28)42(24-26-11-14-29(38)15-12-26)39-33(30)27-17-21-40(22-18-27)25-32(43)45-35(2,3)4/h8,11-16,23,27H,1,9-10,17-22,24-25H2,2-7H3. The summed E-state index contributed by atoms with van der Waals surface area (Å²) in [6.45, 7) is 18.4. The van der Waals surface area contributed by atoms with Gasteiger partial charge in [0.15, 0.2) is 0 Å². The molecule has 9 heteroatoms. The van der Waals surface area contributed by atoms with Crippen LogP contribution in [0.1, 0.15) is 96.4 Å². The van der Waals surface area contributed by atoms with Gasteiger partial charge in [-0.25, -0.2) is 9.18 Å². The van der Waals surface area contributed by atoms with Crippen molar-refractivity contribution < 1.29 is 23.5 Å². The Morgan fingerprint density at radius 3 is 2.28 bits per heavy atom. The molecule has 2 aliphatic rings. The van der Waals surface area contributed by atoms with Gasteiger partial charge in [0.25, 0.3) is 0 Å². The van der Waals surface area contributed by atoms with E-state index in [-0.39, 0.29) is 30.3 Å². The molecule has 0 bridgehead atoms. The fourth-order valence-corrected chi connectivity index (χ4v) is 6.77. The average Bonchev–Trinajstić information content (AvgIpc) is 3.34. The quantitative estimate of drug-likeness (QED) is 0.198. The van der Waals surface area contributed by atoms with Crippen LogP contribution in [-0.4, -0.2) is 69.0 Å². The van der Waals surface area contributed by atoms with Crippen molar-refractivity contribution in [1.29, 1.82) is 0 Å². The van der Waals surface area contributed by atoms with Gasteiger partial charge in [-0.15, -0.1) is 6.58 Å². The van der Waals surface area contributed by atoms with Gasteiger partial charge in [-0.2, -0.15) is 5.10 Å². The van der Waals surface area contributed by atoms with Crippen molar-refractivity contribution in [3.8, 4) is 0 Å². The third-order valence-electron chi connectivity index (χ3n) is 8.90. The summed E-state index contributed by atoms with van der Waals surface area (Å²) in [4.78, 5) is 29.9. The number of carbonyl (C=O) groups is 2. The number of benzene rings is 2. The largest absolute Gasteiger partial charge is 0.459 e. The molecule has 2 aromatic carbocycles. The third-order valence-corrected chi connectivity index (χ3v) is 8.90. The Labute approximate surface area is 272 Å². The van der Waals surface area contributed by atoms with E-state index < -0.39 is 16.7 Å². The molecular formula is C37H49FN4O4. The van der Waals surface area contributed by atoms with Crippen molar-refractivity contribution in [2.24, 2.45) is 0 Å². The molecule has 3 aromatic rings. The van der Waals surface area contributed by atoms with E-state index >= 15 is 0 Å². The summed E-state index contributed by atoms with van der Waals surface area (Å²) in [6, 6.07) is 12.9. The first kappa shape index (κ1) is 33.6. The van der Waals surface area contributed by atoms with Gasteiger partial charge in [-0.1, -0.05) is 30.3 Å². The molecule has 8 nitrogen and oxygen atoms in total. The van der Waals surface area contributed by atoms with E-state index in [2.05, 4.69) is 29.7 Å². The molecule has 248 valence electrons. The zero-order valence-electron chi connectivity index (χ0n) is 28.3. The van der Waals surface area contributed by atoms with Crippen molar-refractivity contribution >= 4 is 23.0 Å². The van der Waals surface area contributed by atoms with E-state index in [1.54, 1.807) is 12.1 Å². The average molecular weight is 633 g/mol. The summed E-state index contributed by atoms with van der Waals surface area (Å²) in [6.07, 6.45) is 5.90. The molecule has 3 heterocycles. The Kier molecular flexibility index (Phi) is 9.64. The van der Waals surface area contributed by atoms with Crippen molar-refractivity contribution in [3.63, 3.8) is 0 Å². The summed E-state index contributed by atoms with van der Waals surface area (Å²) in [7, 11) is 0. The molecule has 0 spiro atoms. The Hall–Kier alpha value is -3.72. The van der Waals surface area contributed by atoms with Gasteiger partial charge in [0.05, 0.1) is 29.8 Å². The van der Waals surface area contributed by atoms with Crippen LogP contribution in [0.5, 0.6) is 0 Å². The Bertz CT molecular complexity index is 1560. The fraction of sp³-hybridized carbons (Fsp3) is 0.541. The first-order chi connectivity index (χ1) is 21.7. The van der Waals surface area contributed by atoms with Crippen LogP contribution in [0.3, 0.4) is 0 Å². The summed E-state index contributed by atoms with van der Waals surface area (Å²) in [5, 5.41) is 6.25. The molecule has 0 N–H and O–H groups in total. The predicted molar refractivity (Wildman–Crippen MR) is 178 cm³/mol. The number of amides is 1. The maximum Gasteiger partial charge on any atom is 0.411 e. The summed E-state index contributed by atoms with van der Waals surface area (Å²) in [5.74, 6) is -0.256. The normalized spacial score (nSPS) is 20.1. The van der Waals surface area contributed by atoms with E-state index in [1.165, 1.54) is 12.1 Å². The minimum absolute atomic E-state index is 0.202. The van der Waals surface area contributed by atoms with E-state index in [9.17, 15) is 14.0 Å². The maximum atomic E-state index is 13.8. The van der Waals surface area contributed by atoms with Gasteiger partial charge in [0.1, 0.15) is 17.0 Å². The van der Waals surface area contributed by atoms with Crippen LogP contribution in [-0.2, 0) is 26.4 Å². The van der Waals surface area contributed by atoms with E-state index in [0.717, 1.165) is 72.9 Å². The number of likely N-dealkylation sites (tertiary alicyclic amines) is 2. The minimum Gasteiger partial charge on any atom is -0.459 e. The van der Waals surface area contributed by atoms with E-state index in [0.29, 0.717) is 13.1 Å². The number of ether oxygens (including phenoxy) is 2. The van der Waals surface area contributed by atoms with Crippen LogP contribution in [0.15, 0.2) is 55.1 Å². The second-order valence-corrected chi connectivity index (χ2v) is 14.8. The molecule has 1 aromatic heterocycles. The van der Waals surface area contributed by atoms with Crippen LogP contribution in [0.4, 0.5) is 9.18 Å². The number of piperidine rings is 2. The van der Waals surface area contributed by atoms with Crippen LogP contribution in [0.2, 0.25) is 0 Å². The second-order valence-electron chi connectivity index (χ2n) is 14.8.